The van der Waals surface area contributed by atoms with Crippen LogP contribution in [0.25, 0.3) is 5.69 Å². The highest BCUT2D eigenvalue weighted by Crippen LogP contribution is 2.33. The number of anilines is 1. The summed E-state index contributed by atoms with van der Waals surface area (Å²) in [7, 11) is 0. The van der Waals surface area contributed by atoms with Crippen molar-refractivity contribution < 1.29 is 19.4 Å². The molecule has 0 aliphatic carbocycles. The van der Waals surface area contributed by atoms with Gasteiger partial charge in [-0.3, -0.25) is 9.36 Å². The number of hydrogen-bond donors (Lipinski definition) is 3. The van der Waals surface area contributed by atoms with Crippen molar-refractivity contribution in [3.8, 4) is 17.3 Å². The first-order valence-electron chi connectivity index (χ1n) is 8.18. The zero-order chi connectivity index (χ0) is 18.8. The van der Waals surface area contributed by atoms with E-state index in [-0.39, 0.29) is 17.2 Å². The number of halogens is 1. The number of nitrogens with one attached hydrogen (secondary N) is 1. The molecule has 1 amide bonds. The van der Waals surface area contributed by atoms with Gasteiger partial charge in [0, 0.05) is 11.4 Å². The maximum atomic E-state index is 13.1. The third-order valence-electron chi connectivity index (χ3n) is 4.12. The second-order valence-electron chi connectivity index (χ2n) is 6.26. The molecule has 0 aliphatic heterocycles. The Kier molecular flexibility index (Phi) is 4.67. The number of rotatable bonds is 4. The molecular weight excluding hydrogens is 335 g/mol. The van der Waals surface area contributed by atoms with E-state index in [0.717, 1.165) is 5.56 Å². The molecular formula is C20H19FN2O3. The lowest BCUT2D eigenvalue weighted by molar-refractivity contribution is 0.102. The summed E-state index contributed by atoms with van der Waals surface area (Å²) in [6.07, 6.45) is 1.21. The van der Waals surface area contributed by atoms with Crippen LogP contribution in [0.15, 0.2) is 54.7 Å². The van der Waals surface area contributed by atoms with Crippen LogP contribution >= 0.6 is 0 Å². The average Bonchev–Trinajstić information content (AvgIpc) is 2.90. The number of aromatic hydroxyl groups is 2. The molecule has 0 aliphatic rings. The highest BCUT2D eigenvalue weighted by molar-refractivity contribution is 6.08. The van der Waals surface area contributed by atoms with Crippen molar-refractivity contribution in [2.45, 2.75) is 19.8 Å². The second-order valence-corrected chi connectivity index (χ2v) is 6.26. The molecule has 0 saturated heterocycles. The average molecular weight is 354 g/mol. The quantitative estimate of drug-likeness (QED) is 0.650. The van der Waals surface area contributed by atoms with E-state index in [1.54, 1.807) is 12.1 Å². The predicted molar refractivity (Wildman–Crippen MR) is 97.5 cm³/mol. The van der Waals surface area contributed by atoms with Crippen LogP contribution < -0.4 is 5.32 Å². The smallest absolute Gasteiger partial charge is 0.264 e. The third-order valence-corrected chi connectivity index (χ3v) is 4.12. The highest BCUT2D eigenvalue weighted by Gasteiger charge is 2.23. The number of carbonyl (C=O) groups is 1. The van der Waals surface area contributed by atoms with E-state index in [2.05, 4.69) is 5.32 Å². The first kappa shape index (κ1) is 17.5. The van der Waals surface area contributed by atoms with Crippen LogP contribution in [-0.2, 0) is 0 Å². The van der Waals surface area contributed by atoms with Crippen LogP contribution in [0.2, 0.25) is 0 Å². The predicted octanol–water partition coefficient (Wildman–Crippen LogP) is 4.40. The molecule has 134 valence electrons. The molecule has 0 unspecified atom stereocenters. The van der Waals surface area contributed by atoms with Crippen LogP contribution in [0.4, 0.5) is 10.1 Å². The van der Waals surface area contributed by atoms with E-state index in [4.69, 9.17) is 0 Å². The Hall–Kier alpha value is -3.28. The number of benzene rings is 2. The van der Waals surface area contributed by atoms with Crippen LogP contribution in [-0.4, -0.2) is 20.7 Å². The lowest BCUT2D eigenvalue weighted by Crippen LogP contribution is -2.13. The van der Waals surface area contributed by atoms with Gasteiger partial charge in [0.2, 0.25) is 5.88 Å². The standard InChI is InChI=1S/C20H19FN2O3/c1-12(2)15-5-3-4-6-16(15)22-19(25)18-17(24)11-23(20(18)26)14-9-7-13(21)8-10-14/h3-12,24,26H,1-2H3,(H,22,25). The molecule has 0 fully saturated rings. The lowest BCUT2D eigenvalue weighted by Gasteiger charge is -2.13. The molecule has 3 aromatic rings. The second kappa shape index (κ2) is 6.92. The Morgan fingerprint density at radius 3 is 2.38 bits per heavy atom. The summed E-state index contributed by atoms with van der Waals surface area (Å²) in [4.78, 5) is 12.6. The van der Waals surface area contributed by atoms with Crippen molar-refractivity contribution in [3.63, 3.8) is 0 Å². The van der Waals surface area contributed by atoms with Crippen molar-refractivity contribution in [1.29, 1.82) is 0 Å². The zero-order valence-electron chi connectivity index (χ0n) is 14.4. The van der Waals surface area contributed by atoms with Gasteiger partial charge in [0.25, 0.3) is 5.91 Å². The van der Waals surface area contributed by atoms with E-state index in [9.17, 15) is 19.4 Å². The van der Waals surface area contributed by atoms with Gasteiger partial charge in [-0.1, -0.05) is 32.0 Å². The summed E-state index contributed by atoms with van der Waals surface area (Å²) in [6, 6.07) is 12.7. The molecule has 0 spiro atoms. The maximum absolute atomic E-state index is 13.1. The van der Waals surface area contributed by atoms with Crippen molar-refractivity contribution in [2.24, 2.45) is 0 Å². The van der Waals surface area contributed by atoms with Gasteiger partial charge < -0.3 is 15.5 Å². The number of para-hydroxylation sites is 1. The molecule has 2 aromatic carbocycles. The number of amides is 1. The van der Waals surface area contributed by atoms with Crippen molar-refractivity contribution in [1.82, 2.24) is 4.57 Å². The summed E-state index contributed by atoms with van der Waals surface area (Å²) >= 11 is 0. The van der Waals surface area contributed by atoms with E-state index in [1.807, 2.05) is 26.0 Å². The van der Waals surface area contributed by atoms with Crippen LogP contribution in [0, 0.1) is 5.82 Å². The van der Waals surface area contributed by atoms with Gasteiger partial charge in [-0.05, 0) is 41.8 Å². The number of nitrogens with zero attached hydrogens (tertiary/aromatic N) is 1. The molecule has 3 N–H and O–H groups in total. The molecule has 0 atom stereocenters. The molecule has 1 heterocycles. The first-order chi connectivity index (χ1) is 12.4. The number of carbonyl (C=O) groups excluding carboxylic acids is 1. The van der Waals surface area contributed by atoms with Gasteiger partial charge in [-0.15, -0.1) is 0 Å². The molecule has 0 bridgehead atoms. The molecule has 6 heteroatoms. The Balaban J connectivity index is 1.95. The molecule has 5 nitrogen and oxygen atoms in total. The lowest BCUT2D eigenvalue weighted by atomic mass is 10.0. The Labute approximate surface area is 150 Å². The SMILES string of the molecule is CC(C)c1ccccc1NC(=O)c1c(O)cn(-c2ccc(F)cc2)c1O. The first-order valence-corrected chi connectivity index (χ1v) is 8.18. The largest absolute Gasteiger partial charge is 0.505 e. The van der Waals surface area contributed by atoms with E-state index < -0.39 is 17.6 Å². The summed E-state index contributed by atoms with van der Waals surface area (Å²) in [5.41, 5.74) is 1.73. The Morgan fingerprint density at radius 1 is 1.08 bits per heavy atom. The molecule has 3 rings (SSSR count). The van der Waals surface area contributed by atoms with Gasteiger partial charge in [0.05, 0.1) is 6.20 Å². The Bertz CT molecular complexity index is 946. The summed E-state index contributed by atoms with van der Waals surface area (Å²) in [5.74, 6) is -1.65. The van der Waals surface area contributed by atoms with Crippen LogP contribution in [0.1, 0.15) is 35.7 Å². The van der Waals surface area contributed by atoms with Gasteiger partial charge in [-0.25, -0.2) is 4.39 Å². The third kappa shape index (κ3) is 3.26. The van der Waals surface area contributed by atoms with E-state index >= 15 is 0 Å². The zero-order valence-corrected chi connectivity index (χ0v) is 14.4. The van der Waals surface area contributed by atoms with Crippen molar-refractivity contribution >= 4 is 11.6 Å². The van der Waals surface area contributed by atoms with Crippen LogP contribution in [0.5, 0.6) is 11.6 Å². The van der Waals surface area contributed by atoms with Crippen LogP contribution in [0.3, 0.4) is 0 Å². The summed E-state index contributed by atoms with van der Waals surface area (Å²) < 4.78 is 14.3. The van der Waals surface area contributed by atoms with Gasteiger partial charge in [-0.2, -0.15) is 0 Å². The molecule has 0 saturated carbocycles. The van der Waals surface area contributed by atoms with Crippen molar-refractivity contribution in [2.75, 3.05) is 5.32 Å². The Morgan fingerprint density at radius 2 is 1.73 bits per heavy atom. The van der Waals surface area contributed by atoms with E-state index in [1.165, 1.54) is 35.0 Å². The minimum absolute atomic E-state index is 0.192. The van der Waals surface area contributed by atoms with E-state index in [0.29, 0.717) is 11.4 Å². The fourth-order valence-corrected chi connectivity index (χ4v) is 2.80. The van der Waals surface area contributed by atoms with Crippen molar-refractivity contribution in [3.05, 3.63) is 71.7 Å². The van der Waals surface area contributed by atoms with Gasteiger partial charge >= 0.3 is 0 Å². The topological polar surface area (TPSA) is 74.5 Å². The minimum atomic E-state index is -0.631. The normalized spacial score (nSPS) is 10.9. The molecule has 0 radical (unpaired) electrons. The molecule has 26 heavy (non-hydrogen) atoms. The van der Waals surface area contributed by atoms with Gasteiger partial charge in [0.15, 0.2) is 0 Å². The minimum Gasteiger partial charge on any atom is -0.505 e. The summed E-state index contributed by atoms with van der Waals surface area (Å²) in [6.45, 7) is 4.01. The highest BCUT2D eigenvalue weighted by atomic mass is 19.1. The number of aromatic nitrogens is 1. The molecule has 1 aromatic heterocycles. The summed E-state index contributed by atoms with van der Waals surface area (Å²) in [5, 5.41) is 23.3. The van der Waals surface area contributed by atoms with Gasteiger partial charge in [0.1, 0.15) is 17.1 Å². The fraction of sp³-hybridized carbons (Fsp3) is 0.150. The maximum Gasteiger partial charge on any atom is 0.264 e. The fourth-order valence-electron chi connectivity index (χ4n) is 2.80. The monoisotopic (exact) mass is 354 g/mol. The number of hydrogen-bond acceptors (Lipinski definition) is 3.